The van der Waals surface area contributed by atoms with E-state index < -0.39 is 32.8 Å². The van der Waals surface area contributed by atoms with E-state index >= 15 is 0 Å². The fourth-order valence-corrected chi connectivity index (χ4v) is 4.47. The molecule has 2 aromatic heterocycles. The molecule has 0 unspecified atom stereocenters. The number of carbonyl (C=O) groups is 1. The molecule has 6 nitrogen and oxygen atoms in total. The molecule has 1 aliphatic rings. The van der Waals surface area contributed by atoms with Crippen molar-refractivity contribution in [3.05, 3.63) is 52.5 Å². The number of rotatable bonds is 3. The monoisotopic (exact) mass is 405 g/mol. The molecule has 2 N–H and O–H groups in total. The van der Waals surface area contributed by atoms with Gasteiger partial charge in [0.25, 0.3) is 0 Å². The maximum Gasteiger partial charge on any atom is 0.425 e. The van der Waals surface area contributed by atoms with Gasteiger partial charge in [0, 0.05) is 21.1 Å². The lowest BCUT2D eigenvalue weighted by molar-refractivity contribution is -0.905. The molecule has 0 fully saturated rings. The summed E-state index contributed by atoms with van der Waals surface area (Å²) in [5, 5.41) is 13.4. The third-order valence-electron chi connectivity index (χ3n) is 3.58. The van der Waals surface area contributed by atoms with E-state index in [0.29, 0.717) is 21.6 Å². The number of hydrogen-bond donors (Lipinski definition) is 2. The summed E-state index contributed by atoms with van der Waals surface area (Å²) >= 11 is 0.516. The zero-order valence-corrected chi connectivity index (χ0v) is 14.5. The number of sulfone groups is 1. The van der Waals surface area contributed by atoms with Crippen molar-refractivity contribution < 1.29 is 36.3 Å². The first-order valence-corrected chi connectivity index (χ1v) is 9.72. The van der Waals surface area contributed by atoms with E-state index in [-0.39, 0.29) is 16.3 Å². The minimum absolute atomic E-state index is 0.181. The second-order valence-corrected chi connectivity index (χ2v) is 8.56. The zero-order valence-electron chi connectivity index (χ0n) is 12.9. The first-order chi connectivity index (χ1) is 12.0. The molecule has 3 heterocycles. The minimum Gasteiger partial charge on any atom is -0.339 e. The molecule has 0 spiro atoms. The molecule has 3 rings (SSSR count). The van der Waals surface area contributed by atoms with Crippen LogP contribution < -0.4 is 10.0 Å². The first-order valence-electron chi connectivity index (χ1n) is 7.19. The Morgan fingerprint density at radius 1 is 1.27 bits per heavy atom. The fourth-order valence-electron chi connectivity index (χ4n) is 2.37. The van der Waals surface area contributed by atoms with Crippen molar-refractivity contribution in [1.29, 1.82) is 0 Å². The van der Waals surface area contributed by atoms with Gasteiger partial charge in [0.15, 0.2) is 9.84 Å². The summed E-state index contributed by atoms with van der Waals surface area (Å²) in [5.41, 5.74) is 0.118. The van der Waals surface area contributed by atoms with E-state index in [2.05, 4.69) is 5.32 Å². The second-order valence-electron chi connectivity index (χ2n) is 5.55. The topological polar surface area (TPSA) is 87.4 Å². The van der Waals surface area contributed by atoms with E-state index in [1.54, 1.807) is 0 Å². The van der Waals surface area contributed by atoms with E-state index in [9.17, 15) is 31.6 Å². The van der Waals surface area contributed by atoms with E-state index in [1.165, 1.54) is 24.3 Å². The predicted octanol–water partition coefficient (Wildman–Crippen LogP) is 2.00. The predicted molar refractivity (Wildman–Crippen MR) is 86.3 cm³/mol. The van der Waals surface area contributed by atoms with Gasteiger partial charge in [-0.25, -0.2) is 8.42 Å². The number of alkyl halides is 3. The molecular formula is C15H12F3N2O4S2+. The summed E-state index contributed by atoms with van der Waals surface area (Å²) in [7, 11) is -3.34. The van der Waals surface area contributed by atoms with Gasteiger partial charge in [-0.1, -0.05) is 0 Å². The van der Waals surface area contributed by atoms with Crippen molar-refractivity contribution in [2.45, 2.75) is 12.2 Å². The molecule has 2 aromatic rings. The van der Waals surface area contributed by atoms with Gasteiger partial charge < -0.3 is 5.32 Å². The highest BCUT2D eigenvalue weighted by Crippen LogP contribution is 2.38. The van der Waals surface area contributed by atoms with Crippen LogP contribution in [0.4, 0.5) is 13.2 Å². The maximum absolute atomic E-state index is 12.7. The Labute approximate surface area is 150 Å². The van der Waals surface area contributed by atoms with Gasteiger partial charge in [-0.3, -0.25) is 10.0 Å². The summed E-state index contributed by atoms with van der Waals surface area (Å²) < 4.78 is 61.2. The van der Waals surface area contributed by atoms with Crippen molar-refractivity contribution in [3.63, 3.8) is 0 Å². The van der Waals surface area contributed by atoms with Crippen LogP contribution in [0.2, 0.25) is 0 Å². The van der Waals surface area contributed by atoms with Crippen LogP contribution in [0.25, 0.3) is 10.4 Å². The Hall–Kier alpha value is -2.40. The van der Waals surface area contributed by atoms with Crippen LogP contribution in [0.15, 0.2) is 41.9 Å². The molecule has 0 saturated carbocycles. The van der Waals surface area contributed by atoms with E-state index in [1.807, 2.05) is 0 Å². The third kappa shape index (κ3) is 3.88. The highest BCUT2D eigenvalue weighted by atomic mass is 32.2. The van der Waals surface area contributed by atoms with E-state index in [4.69, 9.17) is 0 Å². The highest BCUT2D eigenvalue weighted by Gasteiger charge is 2.33. The standard InChI is InChI=1S/C15H11F3N2O4S2/c16-15(17,18)13-4-3-12(25-13)9-1-2-11(20(22)7-9)14(21)19-10-5-6-26(23,24)8-10/h1-7,10H,8H2,(H-,19,21,22)/p+1/t10-/m1/s1. The molecule has 1 amide bonds. The lowest BCUT2D eigenvalue weighted by Gasteiger charge is -2.07. The summed E-state index contributed by atoms with van der Waals surface area (Å²) in [6.45, 7) is 0. The Morgan fingerprint density at radius 3 is 2.54 bits per heavy atom. The molecule has 26 heavy (non-hydrogen) atoms. The zero-order chi connectivity index (χ0) is 19.1. The largest absolute Gasteiger partial charge is 0.425 e. The van der Waals surface area contributed by atoms with Crippen LogP contribution in [0.1, 0.15) is 15.4 Å². The number of amides is 1. The average molecular weight is 405 g/mol. The number of hydrogen-bond acceptors (Lipinski definition) is 5. The Balaban J connectivity index is 1.78. The van der Waals surface area contributed by atoms with Gasteiger partial charge in [-0.15, -0.1) is 11.3 Å². The molecular weight excluding hydrogens is 393 g/mol. The fraction of sp³-hybridized carbons (Fsp3) is 0.200. The van der Waals surface area contributed by atoms with Gasteiger partial charge in [0.2, 0.25) is 6.20 Å². The summed E-state index contributed by atoms with van der Waals surface area (Å²) in [5.74, 6) is -0.981. The summed E-state index contributed by atoms with van der Waals surface area (Å²) in [6, 6.07) is 4.14. The van der Waals surface area contributed by atoms with Gasteiger partial charge in [-0.05, 0) is 24.3 Å². The second kappa shape index (κ2) is 6.40. The van der Waals surface area contributed by atoms with Crippen molar-refractivity contribution in [3.8, 4) is 10.4 Å². The summed E-state index contributed by atoms with van der Waals surface area (Å²) in [4.78, 5) is 11.7. The molecule has 0 aliphatic carbocycles. The lowest BCUT2D eigenvalue weighted by atomic mass is 10.2. The molecule has 0 radical (unpaired) electrons. The number of aromatic nitrogens is 1. The smallest absolute Gasteiger partial charge is 0.339 e. The average Bonchev–Trinajstić information content (AvgIpc) is 3.13. The SMILES string of the molecule is O=C(N[C@@H]1C=CS(=O)(=O)C1)c1ccc(-c2ccc(C(F)(F)F)s2)c[n+]1O. The number of carbonyl (C=O) groups excluding carboxylic acids is 1. The first kappa shape index (κ1) is 18.4. The number of nitrogens with zero attached hydrogens (tertiary/aromatic N) is 1. The van der Waals surface area contributed by atoms with Crippen molar-refractivity contribution in [2.24, 2.45) is 0 Å². The molecule has 1 atom stereocenters. The molecule has 0 aromatic carbocycles. The van der Waals surface area contributed by atoms with Crippen LogP contribution >= 0.6 is 11.3 Å². The quantitative estimate of drug-likeness (QED) is 0.604. The Bertz CT molecular complexity index is 997. The van der Waals surface area contributed by atoms with Crippen LogP contribution in [0.3, 0.4) is 0 Å². The normalized spacial score (nSPS) is 18.8. The Morgan fingerprint density at radius 2 is 2.00 bits per heavy atom. The Kier molecular flexibility index (Phi) is 4.53. The van der Waals surface area contributed by atoms with Gasteiger partial charge in [0.05, 0.1) is 17.4 Å². The molecule has 0 saturated heterocycles. The lowest BCUT2D eigenvalue weighted by Crippen LogP contribution is -2.44. The summed E-state index contributed by atoms with van der Waals surface area (Å²) in [6.07, 6.45) is -2.01. The molecule has 138 valence electrons. The van der Waals surface area contributed by atoms with Crippen LogP contribution in [0, 0.1) is 0 Å². The van der Waals surface area contributed by atoms with Crippen LogP contribution in [-0.2, 0) is 16.0 Å². The number of halogens is 3. The van der Waals surface area contributed by atoms with Gasteiger partial charge in [-0.2, -0.15) is 13.2 Å². The third-order valence-corrected chi connectivity index (χ3v) is 6.15. The van der Waals surface area contributed by atoms with Gasteiger partial charge in [0.1, 0.15) is 4.88 Å². The highest BCUT2D eigenvalue weighted by molar-refractivity contribution is 7.94. The van der Waals surface area contributed by atoms with Crippen LogP contribution in [-0.4, -0.2) is 31.3 Å². The van der Waals surface area contributed by atoms with Crippen molar-refractivity contribution in [2.75, 3.05) is 5.75 Å². The molecule has 1 aliphatic heterocycles. The number of pyridine rings is 1. The van der Waals surface area contributed by atoms with E-state index in [0.717, 1.165) is 17.7 Å². The minimum atomic E-state index is -4.45. The van der Waals surface area contributed by atoms with Gasteiger partial charge >= 0.3 is 17.8 Å². The van der Waals surface area contributed by atoms with Crippen molar-refractivity contribution in [1.82, 2.24) is 5.32 Å². The molecule has 11 heteroatoms. The maximum atomic E-state index is 12.7. The van der Waals surface area contributed by atoms with Crippen LogP contribution in [0.5, 0.6) is 0 Å². The van der Waals surface area contributed by atoms with Crippen molar-refractivity contribution >= 4 is 27.1 Å². The molecule has 0 bridgehead atoms. The number of nitrogens with one attached hydrogen (secondary N) is 1. The number of thiophene rings is 1.